The molecule has 2 heterocycles. The van der Waals surface area contributed by atoms with Gasteiger partial charge in [-0.3, -0.25) is 9.78 Å². The van der Waals surface area contributed by atoms with Crippen LogP contribution in [-0.4, -0.2) is 15.9 Å². The molecule has 128 valence electrons. The van der Waals surface area contributed by atoms with E-state index in [1.165, 1.54) is 6.07 Å². The number of rotatable bonds is 4. The monoisotopic (exact) mass is 347 g/mol. The maximum atomic E-state index is 13.6. The van der Waals surface area contributed by atoms with E-state index in [2.05, 4.69) is 15.3 Å². The number of hydrogen-bond donors (Lipinski definition) is 1. The molecule has 0 radical (unpaired) electrons. The Balaban J connectivity index is 1.55. The van der Waals surface area contributed by atoms with E-state index in [-0.39, 0.29) is 18.3 Å². The Kier molecular flexibility index (Phi) is 4.15. The number of hydrogen-bond acceptors (Lipinski definition) is 4. The lowest BCUT2D eigenvalue weighted by Gasteiger charge is -2.06. The first-order valence-corrected chi connectivity index (χ1v) is 8.03. The van der Waals surface area contributed by atoms with E-state index in [0.29, 0.717) is 28.1 Å². The van der Waals surface area contributed by atoms with E-state index in [4.69, 9.17) is 4.42 Å². The van der Waals surface area contributed by atoms with Crippen LogP contribution in [0.4, 0.5) is 4.39 Å². The van der Waals surface area contributed by atoms with Crippen molar-refractivity contribution in [1.82, 2.24) is 15.3 Å². The van der Waals surface area contributed by atoms with Crippen molar-refractivity contribution in [2.75, 3.05) is 0 Å². The van der Waals surface area contributed by atoms with Gasteiger partial charge in [0.05, 0.1) is 0 Å². The van der Waals surface area contributed by atoms with Crippen LogP contribution >= 0.6 is 0 Å². The second-order valence-electron chi connectivity index (χ2n) is 5.71. The van der Waals surface area contributed by atoms with Gasteiger partial charge >= 0.3 is 0 Å². The molecule has 0 aliphatic heterocycles. The molecule has 0 saturated heterocycles. The number of nitrogens with zero attached hydrogens (tertiary/aromatic N) is 2. The first kappa shape index (κ1) is 16.0. The van der Waals surface area contributed by atoms with Crippen molar-refractivity contribution in [2.24, 2.45) is 0 Å². The Hall–Kier alpha value is -3.54. The molecule has 0 saturated carbocycles. The van der Waals surface area contributed by atoms with Crippen LogP contribution in [0.15, 0.2) is 71.4 Å². The zero-order valence-electron chi connectivity index (χ0n) is 13.6. The summed E-state index contributed by atoms with van der Waals surface area (Å²) in [5.41, 5.74) is 2.84. The van der Waals surface area contributed by atoms with E-state index >= 15 is 0 Å². The van der Waals surface area contributed by atoms with Crippen LogP contribution in [0.5, 0.6) is 0 Å². The SMILES string of the molecule is O=C(NCc1ccccc1F)c1ccc2oc(-c3ccncc3)nc2c1. The minimum Gasteiger partial charge on any atom is -0.436 e. The van der Waals surface area contributed by atoms with E-state index in [0.717, 1.165) is 5.56 Å². The highest BCUT2D eigenvalue weighted by molar-refractivity contribution is 5.97. The Morgan fingerprint density at radius 2 is 1.88 bits per heavy atom. The molecule has 1 N–H and O–H groups in total. The fourth-order valence-electron chi connectivity index (χ4n) is 2.61. The molecule has 26 heavy (non-hydrogen) atoms. The molecular weight excluding hydrogens is 333 g/mol. The van der Waals surface area contributed by atoms with Crippen LogP contribution in [0.3, 0.4) is 0 Å². The van der Waals surface area contributed by atoms with Crippen molar-refractivity contribution in [3.05, 3.63) is 83.9 Å². The number of benzene rings is 2. The van der Waals surface area contributed by atoms with Gasteiger partial charge in [-0.15, -0.1) is 0 Å². The lowest BCUT2D eigenvalue weighted by Crippen LogP contribution is -2.23. The predicted molar refractivity (Wildman–Crippen MR) is 94.8 cm³/mol. The highest BCUT2D eigenvalue weighted by Gasteiger charge is 2.12. The van der Waals surface area contributed by atoms with Gasteiger partial charge in [0, 0.05) is 35.6 Å². The molecule has 2 aromatic carbocycles. The van der Waals surface area contributed by atoms with Gasteiger partial charge in [-0.25, -0.2) is 9.37 Å². The van der Waals surface area contributed by atoms with Crippen LogP contribution in [0.1, 0.15) is 15.9 Å². The molecular formula is C20H14FN3O2. The van der Waals surface area contributed by atoms with Crippen molar-refractivity contribution >= 4 is 17.0 Å². The summed E-state index contributed by atoms with van der Waals surface area (Å²) in [5.74, 6) is -0.184. The van der Waals surface area contributed by atoms with Gasteiger partial charge in [0.15, 0.2) is 5.58 Å². The van der Waals surface area contributed by atoms with Crippen molar-refractivity contribution < 1.29 is 13.6 Å². The summed E-state index contributed by atoms with van der Waals surface area (Å²) < 4.78 is 19.4. The Labute approximate surface area is 148 Å². The fraction of sp³-hybridized carbons (Fsp3) is 0.0500. The predicted octanol–water partition coefficient (Wildman–Crippen LogP) is 3.96. The summed E-state index contributed by atoms with van der Waals surface area (Å²) in [6, 6.07) is 14.9. The summed E-state index contributed by atoms with van der Waals surface area (Å²) in [6.45, 7) is 0.116. The number of nitrogens with one attached hydrogen (secondary N) is 1. The minimum absolute atomic E-state index is 0.116. The average Bonchev–Trinajstić information content (AvgIpc) is 3.11. The molecule has 6 heteroatoms. The lowest BCUT2D eigenvalue weighted by atomic mass is 10.1. The zero-order chi connectivity index (χ0) is 17.9. The van der Waals surface area contributed by atoms with Gasteiger partial charge in [-0.1, -0.05) is 18.2 Å². The maximum Gasteiger partial charge on any atom is 0.251 e. The van der Waals surface area contributed by atoms with E-state index in [9.17, 15) is 9.18 Å². The van der Waals surface area contributed by atoms with Crippen LogP contribution in [-0.2, 0) is 6.54 Å². The standard InChI is InChI=1S/C20H14FN3O2/c21-16-4-2-1-3-15(16)12-23-19(25)14-5-6-18-17(11-14)24-20(26-18)13-7-9-22-10-8-13/h1-11H,12H2,(H,23,25). The second kappa shape index (κ2) is 6.76. The van der Waals surface area contributed by atoms with Gasteiger partial charge in [0.25, 0.3) is 5.91 Å². The van der Waals surface area contributed by atoms with Gasteiger partial charge in [0.2, 0.25) is 5.89 Å². The van der Waals surface area contributed by atoms with Crippen LogP contribution in [0.2, 0.25) is 0 Å². The van der Waals surface area contributed by atoms with Crippen LogP contribution < -0.4 is 5.32 Å². The van der Waals surface area contributed by atoms with E-state index in [1.807, 2.05) is 0 Å². The fourth-order valence-corrected chi connectivity index (χ4v) is 2.61. The van der Waals surface area contributed by atoms with Crippen molar-refractivity contribution in [3.8, 4) is 11.5 Å². The second-order valence-corrected chi connectivity index (χ2v) is 5.71. The third-order valence-corrected chi connectivity index (χ3v) is 3.97. The summed E-state index contributed by atoms with van der Waals surface area (Å²) in [4.78, 5) is 20.7. The molecule has 4 aromatic rings. The Morgan fingerprint density at radius 1 is 1.08 bits per heavy atom. The molecule has 0 aliphatic carbocycles. The smallest absolute Gasteiger partial charge is 0.251 e. The normalized spacial score (nSPS) is 10.8. The molecule has 0 bridgehead atoms. The molecule has 0 fully saturated rings. The number of amides is 1. The third kappa shape index (κ3) is 3.17. The van der Waals surface area contributed by atoms with E-state index in [1.54, 1.807) is 60.9 Å². The molecule has 1 amide bonds. The average molecular weight is 347 g/mol. The number of aromatic nitrogens is 2. The molecule has 0 atom stereocenters. The topological polar surface area (TPSA) is 68.0 Å². The summed E-state index contributed by atoms with van der Waals surface area (Å²) in [7, 11) is 0. The maximum absolute atomic E-state index is 13.6. The number of fused-ring (bicyclic) bond motifs is 1. The number of pyridine rings is 1. The zero-order valence-corrected chi connectivity index (χ0v) is 13.6. The Morgan fingerprint density at radius 3 is 2.69 bits per heavy atom. The number of carbonyl (C=O) groups is 1. The summed E-state index contributed by atoms with van der Waals surface area (Å²) in [6.07, 6.45) is 3.32. The highest BCUT2D eigenvalue weighted by atomic mass is 19.1. The summed E-state index contributed by atoms with van der Waals surface area (Å²) in [5, 5.41) is 2.71. The number of oxazole rings is 1. The molecule has 4 rings (SSSR count). The molecule has 0 aliphatic rings. The number of carbonyl (C=O) groups excluding carboxylic acids is 1. The Bertz CT molecular complexity index is 1080. The first-order chi connectivity index (χ1) is 12.7. The number of halogens is 1. The van der Waals surface area contributed by atoms with Gasteiger partial charge in [-0.2, -0.15) is 0 Å². The molecule has 0 unspecified atom stereocenters. The van der Waals surface area contributed by atoms with Gasteiger partial charge in [0.1, 0.15) is 11.3 Å². The van der Waals surface area contributed by atoms with Gasteiger partial charge in [-0.05, 0) is 36.4 Å². The lowest BCUT2D eigenvalue weighted by molar-refractivity contribution is 0.0950. The molecule has 2 aromatic heterocycles. The van der Waals surface area contributed by atoms with Crippen molar-refractivity contribution in [2.45, 2.75) is 6.54 Å². The molecule has 0 spiro atoms. The van der Waals surface area contributed by atoms with Crippen LogP contribution in [0.25, 0.3) is 22.6 Å². The van der Waals surface area contributed by atoms with Gasteiger partial charge < -0.3 is 9.73 Å². The van der Waals surface area contributed by atoms with Crippen molar-refractivity contribution in [1.29, 1.82) is 0 Å². The highest BCUT2D eigenvalue weighted by Crippen LogP contribution is 2.24. The quantitative estimate of drug-likeness (QED) is 0.607. The first-order valence-electron chi connectivity index (χ1n) is 8.03. The van der Waals surface area contributed by atoms with Crippen LogP contribution in [0, 0.1) is 5.82 Å². The third-order valence-electron chi connectivity index (χ3n) is 3.97. The largest absolute Gasteiger partial charge is 0.436 e. The van der Waals surface area contributed by atoms with Crippen molar-refractivity contribution in [3.63, 3.8) is 0 Å². The summed E-state index contributed by atoms with van der Waals surface area (Å²) >= 11 is 0. The minimum atomic E-state index is -0.346. The molecule has 5 nitrogen and oxygen atoms in total. The van der Waals surface area contributed by atoms with E-state index < -0.39 is 0 Å².